The van der Waals surface area contributed by atoms with E-state index in [1.807, 2.05) is 0 Å². The predicted octanol–water partition coefficient (Wildman–Crippen LogP) is 5.84. The Hall–Kier alpha value is -0.0100. The van der Waals surface area contributed by atoms with Crippen LogP contribution in [-0.4, -0.2) is 52.5 Å². The minimum atomic E-state index is -4.71. The number of unbranched alkanes of at least 4 members (excludes halogenated alkanes) is 8. The maximum atomic E-state index is 11.2. The first-order chi connectivity index (χ1) is 15.6. The standard InChI is InChI=1S/C25H53O7P/c1-22(2)15-11-7-5-9-13-17-24(25(19-26,20-27)21-32-33(28,29)30)31-18-14-10-6-8-12-16-23(3)4/h22-24,26-27H,5-21H2,1-4H3,(H2,28,29,30). The van der Waals surface area contributed by atoms with Crippen molar-refractivity contribution in [3.63, 3.8) is 0 Å². The molecule has 7 nitrogen and oxygen atoms in total. The molecular weight excluding hydrogens is 443 g/mol. The highest BCUT2D eigenvalue weighted by molar-refractivity contribution is 7.46. The highest BCUT2D eigenvalue weighted by atomic mass is 31.2. The van der Waals surface area contributed by atoms with Crippen molar-refractivity contribution in [2.45, 2.75) is 117 Å². The first kappa shape index (κ1) is 33.0. The molecule has 0 rings (SSSR count). The molecule has 1 atom stereocenters. The number of hydrogen-bond donors (Lipinski definition) is 4. The van der Waals surface area contributed by atoms with Crippen molar-refractivity contribution in [2.24, 2.45) is 17.3 Å². The van der Waals surface area contributed by atoms with Gasteiger partial charge in [0.2, 0.25) is 0 Å². The molecule has 0 saturated heterocycles. The van der Waals surface area contributed by atoms with E-state index in [9.17, 15) is 14.8 Å². The lowest BCUT2D eigenvalue weighted by Crippen LogP contribution is -2.47. The molecule has 0 heterocycles. The minimum Gasteiger partial charge on any atom is -0.396 e. The van der Waals surface area contributed by atoms with Crippen molar-refractivity contribution < 1.29 is 33.8 Å². The second kappa shape index (κ2) is 19.2. The first-order valence-corrected chi connectivity index (χ1v) is 14.6. The number of phosphoric ester groups is 1. The van der Waals surface area contributed by atoms with E-state index in [4.69, 9.17) is 19.0 Å². The van der Waals surface area contributed by atoms with Crippen LogP contribution in [0.2, 0.25) is 0 Å². The molecule has 0 bridgehead atoms. The van der Waals surface area contributed by atoms with Crippen molar-refractivity contribution in [2.75, 3.05) is 26.4 Å². The smallest absolute Gasteiger partial charge is 0.396 e. The normalized spacial score (nSPS) is 13.9. The Morgan fingerprint density at radius 2 is 1.12 bits per heavy atom. The summed E-state index contributed by atoms with van der Waals surface area (Å²) in [6.07, 6.45) is 13.6. The number of phosphoric acid groups is 1. The van der Waals surface area contributed by atoms with Gasteiger partial charge in [-0.3, -0.25) is 4.52 Å². The third kappa shape index (κ3) is 18.0. The van der Waals surface area contributed by atoms with E-state index >= 15 is 0 Å². The van der Waals surface area contributed by atoms with Crippen LogP contribution in [0.25, 0.3) is 0 Å². The zero-order valence-corrected chi connectivity index (χ0v) is 22.6. The van der Waals surface area contributed by atoms with Crippen molar-refractivity contribution >= 4 is 7.82 Å². The zero-order valence-electron chi connectivity index (χ0n) is 21.7. The molecule has 0 saturated carbocycles. The Balaban J connectivity index is 4.67. The third-order valence-electron chi connectivity index (χ3n) is 6.33. The Bertz CT molecular complexity index is 489. The molecule has 200 valence electrons. The molecule has 0 aromatic rings. The van der Waals surface area contributed by atoms with Crippen LogP contribution < -0.4 is 0 Å². The van der Waals surface area contributed by atoms with Gasteiger partial charge in [-0.05, 0) is 24.7 Å². The van der Waals surface area contributed by atoms with Crippen LogP contribution >= 0.6 is 7.82 Å². The summed E-state index contributed by atoms with van der Waals surface area (Å²) < 4.78 is 22.0. The zero-order chi connectivity index (χ0) is 25.2. The van der Waals surface area contributed by atoms with E-state index in [-0.39, 0.29) is 0 Å². The number of aliphatic hydroxyl groups excluding tert-OH is 2. The lowest BCUT2D eigenvalue weighted by Gasteiger charge is -2.37. The molecule has 1 unspecified atom stereocenters. The molecule has 0 aromatic heterocycles. The van der Waals surface area contributed by atoms with Gasteiger partial charge >= 0.3 is 7.82 Å². The van der Waals surface area contributed by atoms with Gasteiger partial charge in [-0.15, -0.1) is 0 Å². The topological polar surface area (TPSA) is 116 Å². The van der Waals surface area contributed by atoms with E-state index in [0.29, 0.717) is 13.0 Å². The van der Waals surface area contributed by atoms with Gasteiger partial charge in [0.25, 0.3) is 0 Å². The molecule has 0 fully saturated rings. The van der Waals surface area contributed by atoms with E-state index in [0.717, 1.165) is 50.4 Å². The van der Waals surface area contributed by atoms with Gasteiger partial charge in [0.05, 0.1) is 31.3 Å². The summed E-state index contributed by atoms with van der Waals surface area (Å²) in [5, 5.41) is 20.1. The Kier molecular flexibility index (Phi) is 19.2. The maximum Gasteiger partial charge on any atom is 0.469 e. The van der Waals surface area contributed by atoms with Crippen LogP contribution in [0.4, 0.5) is 0 Å². The summed E-state index contributed by atoms with van der Waals surface area (Å²) in [6, 6.07) is 0. The monoisotopic (exact) mass is 496 g/mol. The summed E-state index contributed by atoms with van der Waals surface area (Å²) in [6.45, 7) is 8.08. The van der Waals surface area contributed by atoms with E-state index in [2.05, 4.69) is 27.7 Å². The van der Waals surface area contributed by atoms with Crippen LogP contribution in [0.5, 0.6) is 0 Å². The lowest BCUT2D eigenvalue weighted by atomic mass is 9.81. The van der Waals surface area contributed by atoms with Gasteiger partial charge in [0.15, 0.2) is 0 Å². The van der Waals surface area contributed by atoms with Crippen molar-refractivity contribution in [1.29, 1.82) is 0 Å². The van der Waals surface area contributed by atoms with Gasteiger partial charge in [-0.1, -0.05) is 98.3 Å². The Labute approximate surface area is 202 Å². The van der Waals surface area contributed by atoms with Gasteiger partial charge in [0, 0.05) is 6.61 Å². The minimum absolute atomic E-state index is 0.446. The number of hydrogen-bond acceptors (Lipinski definition) is 5. The second-order valence-corrected chi connectivity index (χ2v) is 11.7. The second-order valence-electron chi connectivity index (χ2n) is 10.5. The molecule has 0 spiro atoms. The number of aliphatic hydroxyl groups is 2. The van der Waals surface area contributed by atoms with E-state index < -0.39 is 39.2 Å². The predicted molar refractivity (Wildman–Crippen MR) is 134 cm³/mol. The summed E-state index contributed by atoms with van der Waals surface area (Å²) in [5.74, 6) is 1.46. The molecule has 4 N–H and O–H groups in total. The van der Waals surface area contributed by atoms with E-state index in [1.165, 1.54) is 38.5 Å². The molecule has 33 heavy (non-hydrogen) atoms. The number of ether oxygens (including phenoxy) is 1. The summed E-state index contributed by atoms with van der Waals surface area (Å²) in [5.41, 5.74) is -1.24. The van der Waals surface area contributed by atoms with Crippen LogP contribution in [0, 0.1) is 17.3 Å². The summed E-state index contributed by atoms with van der Waals surface area (Å²) >= 11 is 0. The fourth-order valence-corrected chi connectivity index (χ4v) is 4.47. The molecule has 0 amide bonds. The van der Waals surface area contributed by atoms with Crippen LogP contribution in [0.15, 0.2) is 0 Å². The fraction of sp³-hybridized carbons (Fsp3) is 1.00. The molecule has 8 heteroatoms. The molecule has 0 aliphatic heterocycles. The van der Waals surface area contributed by atoms with Gasteiger partial charge in [-0.25, -0.2) is 4.57 Å². The van der Waals surface area contributed by atoms with Crippen molar-refractivity contribution in [1.82, 2.24) is 0 Å². The fourth-order valence-electron chi connectivity index (χ4n) is 4.04. The Morgan fingerprint density at radius 1 is 0.697 bits per heavy atom. The SMILES string of the molecule is CC(C)CCCCCCCOC(CCCCCCCC(C)C)C(CO)(CO)COP(=O)(O)O. The Morgan fingerprint density at radius 3 is 1.55 bits per heavy atom. The summed E-state index contributed by atoms with van der Waals surface area (Å²) in [4.78, 5) is 18.3. The summed E-state index contributed by atoms with van der Waals surface area (Å²) in [7, 11) is -4.71. The van der Waals surface area contributed by atoms with Gasteiger partial charge in [0.1, 0.15) is 0 Å². The van der Waals surface area contributed by atoms with Crippen LogP contribution in [0.3, 0.4) is 0 Å². The molecular formula is C25H53O7P. The van der Waals surface area contributed by atoms with Crippen LogP contribution in [0.1, 0.15) is 111 Å². The molecule has 0 aromatic carbocycles. The molecule has 0 radical (unpaired) electrons. The third-order valence-corrected chi connectivity index (χ3v) is 6.79. The van der Waals surface area contributed by atoms with Gasteiger partial charge < -0.3 is 24.7 Å². The highest BCUT2D eigenvalue weighted by Crippen LogP contribution is 2.40. The lowest BCUT2D eigenvalue weighted by molar-refractivity contribution is -0.115. The van der Waals surface area contributed by atoms with Crippen molar-refractivity contribution in [3.05, 3.63) is 0 Å². The molecule has 0 aliphatic carbocycles. The largest absolute Gasteiger partial charge is 0.469 e. The van der Waals surface area contributed by atoms with Crippen molar-refractivity contribution in [3.8, 4) is 0 Å². The molecule has 0 aliphatic rings. The average molecular weight is 497 g/mol. The quantitative estimate of drug-likeness (QED) is 0.104. The highest BCUT2D eigenvalue weighted by Gasteiger charge is 2.41. The van der Waals surface area contributed by atoms with Gasteiger partial charge in [-0.2, -0.15) is 0 Å². The number of rotatable bonds is 23. The first-order valence-electron chi connectivity index (χ1n) is 13.1. The average Bonchev–Trinajstić information content (AvgIpc) is 2.73. The maximum absolute atomic E-state index is 11.2. The van der Waals surface area contributed by atoms with E-state index in [1.54, 1.807) is 0 Å². The van der Waals surface area contributed by atoms with Crippen LogP contribution in [-0.2, 0) is 13.8 Å².